The van der Waals surface area contributed by atoms with E-state index in [-0.39, 0.29) is 77.7 Å². The van der Waals surface area contributed by atoms with Gasteiger partial charge in [0.05, 0.1) is 48.5 Å². The van der Waals surface area contributed by atoms with Crippen LogP contribution in [0.5, 0.6) is 0 Å². The second-order valence-corrected chi connectivity index (χ2v) is 34.4. The molecule has 480 valence electrons. The van der Waals surface area contributed by atoms with Crippen LogP contribution in [-0.2, 0) is 46.2 Å². The lowest BCUT2D eigenvalue weighted by atomic mass is 9.29. The van der Waals surface area contributed by atoms with E-state index in [0.29, 0.717) is 60.7 Å². The SMILES string of the molecule is C[C@@]12C[C@H]3C[C@@]45CCC[C@H]4CC4=C[C@@H]6[C@]7(CC[C@@H]8C=CC[C@H]9[C@H]%10CCCC[C@H]%10CC[C@@]689)O[C@]46[C@H]5C(=O)OC[C@@]64[C@@H]7C(=O)[C@@H](O)[C@]([C@H]5CCC[C@@H](Cc6ccccc6)C5)([C@H]34)[C@]13O[C@@H]3C(=O)O[C@H]2c1ccoc1C[C@@H]([C@H]1CC[C@@H]2[C@H](C=CN3CNC[C@@H]23)C1)[C@H](O)CO. The van der Waals surface area contributed by atoms with Gasteiger partial charge in [-0.15, -0.1) is 0 Å². The Morgan fingerprint density at radius 1 is 0.833 bits per heavy atom. The zero-order chi connectivity index (χ0) is 60.3. The van der Waals surface area contributed by atoms with Gasteiger partial charge in [0.2, 0.25) is 0 Å². The predicted octanol–water partition coefficient (Wildman–Crippen LogP) is 10.9. The van der Waals surface area contributed by atoms with E-state index >= 15 is 19.5 Å². The number of epoxide rings is 1. The Balaban J connectivity index is 0.778. The number of esters is 2. The summed E-state index contributed by atoms with van der Waals surface area (Å²) in [5.74, 6) is 1.19. The van der Waals surface area contributed by atoms with E-state index in [1.165, 1.54) is 43.2 Å². The summed E-state index contributed by atoms with van der Waals surface area (Å²) in [6.07, 6.45) is 32.8. The molecule has 29 atom stereocenters. The molecule has 1 aromatic carbocycles. The minimum atomic E-state index is -1.49. The van der Waals surface area contributed by atoms with Gasteiger partial charge in [-0.05, 0) is 220 Å². The van der Waals surface area contributed by atoms with E-state index in [4.69, 9.17) is 23.4 Å². The van der Waals surface area contributed by atoms with Crippen molar-refractivity contribution in [2.24, 2.45) is 122 Å². The number of cyclic esters (lactones) is 2. The molecule has 11 aliphatic carbocycles. The molecule has 13 nitrogen and oxygen atoms in total. The average Bonchev–Trinajstić information content (AvgIpc) is 1.41. The fourth-order valence-corrected chi connectivity index (χ4v) is 30.0. The van der Waals surface area contributed by atoms with Gasteiger partial charge in [0.15, 0.2) is 11.9 Å². The van der Waals surface area contributed by atoms with Gasteiger partial charge in [0.25, 0.3) is 0 Å². The van der Waals surface area contributed by atoms with Crippen molar-refractivity contribution in [3.8, 4) is 0 Å². The van der Waals surface area contributed by atoms with Crippen LogP contribution in [0.4, 0.5) is 0 Å². The number of aliphatic hydroxyl groups excluding tert-OH is 3. The van der Waals surface area contributed by atoms with Gasteiger partial charge in [0, 0.05) is 41.3 Å². The molecule has 20 rings (SSSR count). The van der Waals surface area contributed by atoms with Crippen molar-refractivity contribution in [2.75, 3.05) is 26.4 Å². The lowest BCUT2D eigenvalue weighted by Gasteiger charge is -2.73. The maximum atomic E-state index is 18.0. The first-order chi connectivity index (χ1) is 43.8. The van der Waals surface area contributed by atoms with Gasteiger partial charge >= 0.3 is 11.9 Å². The third-order valence-electron chi connectivity index (χ3n) is 32.3. The highest BCUT2D eigenvalue weighted by Crippen LogP contribution is 2.91. The number of hydrogen-bond donors (Lipinski definition) is 4. The van der Waals surface area contributed by atoms with Crippen LogP contribution in [0.15, 0.2) is 83.2 Å². The highest BCUT2D eigenvalue weighted by molar-refractivity contribution is 5.94. The van der Waals surface area contributed by atoms with Crippen LogP contribution in [0.25, 0.3) is 0 Å². The number of allylic oxidation sites excluding steroid dienone is 3. The molecule has 0 amide bonds. The number of hydrogen-bond acceptors (Lipinski definition) is 13. The number of aliphatic hydroxyl groups is 3. The molecule has 0 radical (unpaired) electrons. The molecular weight excluding hydrogens is 1130 g/mol. The second kappa shape index (κ2) is 19.1. The average molecular weight is 1230 g/mol. The first-order valence-corrected chi connectivity index (χ1v) is 36.7. The predicted molar refractivity (Wildman–Crippen MR) is 331 cm³/mol. The number of carbonyl (C=O) groups excluding carboxylic acids is 3. The molecule has 15 fully saturated rings. The topological polar surface area (TPSA) is 181 Å². The van der Waals surface area contributed by atoms with Gasteiger partial charge in [-0.3, -0.25) is 14.9 Å². The lowest BCUT2D eigenvalue weighted by molar-refractivity contribution is -0.301. The van der Waals surface area contributed by atoms with Crippen molar-refractivity contribution < 1.29 is 53.1 Å². The number of furan rings is 1. The van der Waals surface area contributed by atoms with Gasteiger partial charge in [-0.1, -0.05) is 100 Å². The number of fused-ring (bicyclic) bond motifs is 5. The number of nitrogens with one attached hydrogen (secondary N) is 1. The molecular formula is C77H96N2O11. The largest absolute Gasteiger partial charge is 0.469 e. The highest BCUT2D eigenvalue weighted by Gasteiger charge is 2.99. The molecule has 10 saturated carbocycles. The molecule has 8 heterocycles. The van der Waals surface area contributed by atoms with Crippen molar-refractivity contribution in [3.05, 3.63) is 95.6 Å². The van der Waals surface area contributed by atoms with Gasteiger partial charge in [0.1, 0.15) is 35.8 Å². The van der Waals surface area contributed by atoms with Gasteiger partial charge in [-0.2, -0.15) is 0 Å². The van der Waals surface area contributed by atoms with Crippen molar-refractivity contribution in [2.45, 2.75) is 208 Å². The van der Waals surface area contributed by atoms with Crippen molar-refractivity contribution in [3.63, 3.8) is 0 Å². The molecule has 4 N–H and O–H groups in total. The molecule has 1 aromatic heterocycles. The monoisotopic (exact) mass is 1220 g/mol. The number of nitrogens with zero attached hydrogens (tertiary/aromatic N) is 1. The number of Topliss-reactive ketones (excluding diaryl/α,β-unsaturated/α-hetero) is 1. The Bertz CT molecular complexity index is 3430. The number of rotatable bonds is 9. The first-order valence-electron chi connectivity index (χ1n) is 36.7. The highest BCUT2D eigenvalue weighted by atomic mass is 16.7. The molecule has 13 heteroatoms. The number of benzene rings is 1. The Kier molecular flexibility index (Phi) is 11.9. The van der Waals surface area contributed by atoms with Crippen LogP contribution >= 0.6 is 0 Å². The maximum absolute atomic E-state index is 18.0. The van der Waals surface area contributed by atoms with E-state index in [1.54, 1.807) is 6.26 Å². The summed E-state index contributed by atoms with van der Waals surface area (Å²) in [4.78, 5) is 52.3. The fraction of sp³-hybridized carbons (Fsp3) is 0.753. The van der Waals surface area contributed by atoms with Crippen molar-refractivity contribution in [1.29, 1.82) is 0 Å². The van der Waals surface area contributed by atoms with Crippen LogP contribution in [0.1, 0.15) is 171 Å². The van der Waals surface area contributed by atoms with Crippen molar-refractivity contribution in [1.82, 2.24) is 10.2 Å². The van der Waals surface area contributed by atoms with Crippen LogP contribution in [0, 0.1) is 122 Å². The third-order valence-corrected chi connectivity index (χ3v) is 32.3. The Labute approximate surface area is 530 Å². The van der Waals surface area contributed by atoms with Crippen LogP contribution in [-0.4, -0.2) is 106 Å². The number of carbonyl (C=O) groups is 3. The summed E-state index contributed by atoms with van der Waals surface area (Å²) in [7, 11) is 0. The standard InChI is InChI=1S/C77H96N2O11/c1-70-36-47-37-71-25-9-16-49(71)33-51-34-60-72-26-21-44-13-5-6-17-52(44)56(72)18-8-14-48(72)22-27-74(60)63-61(82)65(83)75(50-15-7-12-43(31-50)30-42-10-3-2-4-11-42,62(47)73(63)40-87-68(84)64(71)76(51,73)90-74)77(70)67(89-77)69(85)88-66(70)54-24-29-86-59(54)35-55(58(81)39-80)45-19-20-53-46(32-45)23-28-79-41-78-38-57(53)79/h2-4,8,10-11,14,23-24,28-29,34,43-50,52-53,55-58,60,62-67,78,80-81,83H,5-7,9,12-13,15-22,25-27,30-33,35-41H2,1H3/t43-,44-,45-,46+,47-,48-,49-,50-,52-,53+,55-,56-,57-,58+,60-,62+,63-,64-,65+,66-,67+,70-,71-,72+,73+,74-,75-,76-,77+/m0/s1. The van der Waals surface area contributed by atoms with E-state index < -0.39 is 80.7 Å². The van der Waals surface area contributed by atoms with Gasteiger partial charge in [-0.25, -0.2) is 4.79 Å². The lowest BCUT2D eigenvalue weighted by Crippen LogP contribution is -2.82. The minimum absolute atomic E-state index is 0.0476. The Morgan fingerprint density at radius 2 is 1.71 bits per heavy atom. The zero-order valence-corrected chi connectivity index (χ0v) is 52.9. The number of ether oxygens (including phenoxy) is 4. The smallest absolute Gasteiger partial charge is 0.339 e. The van der Waals surface area contributed by atoms with Crippen molar-refractivity contribution >= 4 is 17.7 Å². The summed E-state index contributed by atoms with van der Waals surface area (Å²) in [6.45, 7) is 3.86. The van der Waals surface area contributed by atoms with E-state index in [2.05, 4.69) is 78.0 Å². The van der Waals surface area contributed by atoms with E-state index in [1.807, 2.05) is 6.07 Å². The molecule has 90 heavy (non-hydrogen) atoms. The summed E-state index contributed by atoms with van der Waals surface area (Å²) in [5, 5.41) is 41.6. The van der Waals surface area contributed by atoms with Crippen LogP contribution in [0.3, 0.4) is 0 Å². The first kappa shape index (κ1) is 56.3. The molecule has 0 unspecified atom stereocenters. The summed E-state index contributed by atoms with van der Waals surface area (Å²) >= 11 is 0. The van der Waals surface area contributed by atoms with E-state index in [9.17, 15) is 10.2 Å². The molecule has 7 aliphatic heterocycles. The van der Waals surface area contributed by atoms with E-state index in [0.717, 1.165) is 127 Å². The quantitative estimate of drug-likeness (QED) is 0.106. The molecule has 5 bridgehead atoms. The minimum Gasteiger partial charge on any atom is -0.469 e. The maximum Gasteiger partial charge on any atom is 0.339 e. The molecule has 18 aliphatic rings. The fourth-order valence-electron chi connectivity index (χ4n) is 30.0. The normalized spacial score (nSPS) is 53.7. The molecule has 6 spiro atoms. The summed E-state index contributed by atoms with van der Waals surface area (Å²) in [6, 6.07) is 13.3. The second-order valence-electron chi connectivity index (χ2n) is 34.4. The summed E-state index contributed by atoms with van der Waals surface area (Å²) < 4.78 is 37.5. The zero-order valence-electron chi connectivity index (χ0n) is 52.9. The Hall–Kier alpha value is -4.11. The summed E-state index contributed by atoms with van der Waals surface area (Å²) in [5.41, 5.74) is -3.99. The number of ketones is 1. The Morgan fingerprint density at radius 3 is 2.60 bits per heavy atom. The van der Waals surface area contributed by atoms with Crippen LogP contribution < -0.4 is 5.32 Å². The molecule has 2 aromatic rings. The molecule has 5 saturated heterocycles. The van der Waals surface area contributed by atoms with Crippen LogP contribution in [0.2, 0.25) is 0 Å². The third kappa shape index (κ3) is 6.50. The van der Waals surface area contributed by atoms with Gasteiger partial charge < -0.3 is 43.6 Å².